The molecule has 1 aromatic carbocycles. The van der Waals surface area contributed by atoms with Crippen LogP contribution >= 0.6 is 0 Å². The normalized spacial score (nSPS) is 25.6. The second kappa shape index (κ2) is 3.31. The summed E-state index contributed by atoms with van der Waals surface area (Å²) in [6.45, 7) is 6.61. The fourth-order valence-corrected chi connectivity index (χ4v) is 3.25. The zero-order chi connectivity index (χ0) is 11.2. The molecule has 2 heterocycles. The zero-order valence-electron chi connectivity index (χ0n) is 10.4. The molecule has 0 N–H and O–H groups in total. The van der Waals surface area contributed by atoms with E-state index in [9.17, 15) is 0 Å². The predicted molar refractivity (Wildman–Crippen MR) is 68.4 cm³/mol. The Morgan fingerprint density at radius 3 is 2.31 bits per heavy atom. The summed E-state index contributed by atoms with van der Waals surface area (Å²) in [5.74, 6) is 0. The summed E-state index contributed by atoms with van der Waals surface area (Å²) < 4.78 is 2.46. The van der Waals surface area contributed by atoms with Crippen LogP contribution in [0.5, 0.6) is 0 Å². The van der Waals surface area contributed by atoms with Crippen LogP contribution in [-0.2, 0) is 6.42 Å². The summed E-state index contributed by atoms with van der Waals surface area (Å²) in [7, 11) is 4.72. The molecular formula is C14H22N2+2. The van der Waals surface area contributed by atoms with E-state index in [0.717, 1.165) is 0 Å². The minimum absolute atomic E-state index is 1.20. The molecule has 0 atom stereocenters. The standard InChI is InChI=1S/C14H22N2/c1-15(2)9-11-16(12-10-15)8-7-13-5-3-4-6-14(13)16/h3-6H,7-12H2,1-2H3/q+2. The first kappa shape index (κ1) is 10.3. The van der Waals surface area contributed by atoms with Gasteiger partial charge in [0.2, 0.25) is 0 Å². The maximum atomic E-state index is 2.36. The molecule has 0 aliphatic carbocycles. The molecule has 0 bridgehead atoms. The third-order valence-electron chi connectivity index (χ3n) is 4.58. The van der Waals surface area contributed by atoms with Crippen LogP contribution in [-0.4, -0.2) is 51.3 Å². The van der Waals surface area contributed by atoms with Crippen molar-refractivity contribution in [2.45, 2.75) is 6.42 Å². The van der Waals surface area contributed by atoms with Crippen LogP contribution in [0.4, 0.5) is 5.69 Å². The molecular weight excluding hydrogens is 196 g/mol. The van der Waals surface area contributed by atoms with Crippen LogP contribution in [0.1, 0.15) is 5.56 Å². The first-order valence-corrected chi connectivity index (χ1v) is 6.38. The topological polar surface area (TPSA) is 0 Å². The van der Waals surface area contributed by atoms with Crippen LogP contribution in [0, 0.1) is 0 Å². The third kappa shape index (κ3) is 1.48. The molecule has 16 heavy (non-hydrogen) atoms. The highest BCUT2D eigenvalue weighted by molar-refractivity contribution is 5.54. The van der Waals surface area contributed by atoms with Crippen LogP contribution in [0.3, 0.4) is 0 Å². The minimum atomic E-state index is 1.20. The molecule has 0 radical (unpaired) electrons. The van der Waals surface area contributed by atoms with E-state index in [2.05, 4.69) is 38.4 Å². The predicted octanol–water partition coefficient (Wildman–Crippen LogP) is 1.64. The van der Waals surface area contributed by atoms with Gasteiger partial charge in [0, 0.05) is 12.0 Å². The summed E-state index contributed by atoms with van der Waals surface area (Å²) in [6.07, 6.45) is 1.28. The summed E-state index contributed by atoms with van der Waals surface area (Å²) in [4.78, 5) is 0. The number of rotatable bonds is 0. The number of nitrogens with zero attached hydrogens (tertiary/aromatic N) is 2. The quantitative estimate of drug-likeness (QED) is 0.581. The summed E-state index contributed by atoms with van der Waals surface area (Å²) in [5, 5.41) is 0. The van der Waals surface area contributed by atoms with Crippen molar-refractivity contribution in [3.63, 3.8) is 0 Å². The molecule has 0 amide bonds. The van der Waals surface area contributed by atoms with Gasteiger partial charge in [-0.2, -0.15) is 0 Å². The van der Waals surface area contributed by atoms with Gasteiger partial charge in [0.25, 0.3) is 0 Å². The molecule has 1 fully saturated rings. The molecule has 2 aliphatic rings. The van der Waals surface area contributed by atoms with Crippen molar-refractivity contribution in [1.29, 1.82) is 0 Å². The summed E-state index contributed by atoms with van der Waals surface area (Å²) in [5.41, 5.74) is 3.21. The summed E-state index contributed by atoms with van der Waals surface area (Å²) in [6, 6.07) is 9.06. The zero-order valence-corrected chi connectivity index (χ0v) is 10.4. The van der Waals surface area contributed by atoms with E-state index in [4.69, 9.17) is 0 Å². The molecule has 86 valence electrons. The Hall–Kier alpha value is -0.860. The maximum Gasteiger partial charge on any atom is 0.136 e. The van der Waals surface area contributed by atoms with E-state index in [1.807, 2.05) is 0 Å². The van der Waals surface area contributed by atoms with Gasteiger partial charge < -0.3 is 4.48 Å². The number of piperazine rings is 1. The van der Waals surface area contributed by atoms with Gasteiger partial charge >= 0.3 is 0 Å². The Labute approximate surface area is 98.3 Å². The molecule has 1 saturated heterocycles. The maximum absolute atomic E-state index is 2.36. The molecule has 2 heteroatoms. The second-order valence-electron chi connectivity index (χ2n) is 6.08. The molecule has 0 aromatic heterocycles. The Morgan fingerprint density at radius 1 is 0.875 bits per heavy atom. The lowest BCUT2D eigenvalue weighted by Gasteiger charge is -2.44. The number of hydrogen-bond donors (Lipinski definition) is 0. The van der Waals surface area contributed by atoms with Crippen molar-refractivity contribution in [3.05, 3.63) is 29.8 Å². The average Bonchev–Trinajstić information content (AvgIpc) is 2.64. The molecule has 1 aromatic rings. The first-order valence-electron chi connectivity index (χ1n) is 6.38. The van der Waals surface area contributed by atoms with Gasteiger partial charge in [-0.05, 0) is 6.07 Å². The van der Waals surface area contributed by atoms with Crippen LogP contribution in [0.25, 0.3) is 0 Å². The van der Waals surface area contributed by atoms with Gasteiger partial charge in [0.1, 0.15) is 31.9 Å². The molecule has 0 saturated carbocycles. The molecule has 1 spiro atoms. The lowest BCUT2D eigenvalue weighted by molar-refractivity contribution is -0.894. The molecule has 0 unspecified atom stereocenters. The Kier molecular flexibility index (Phi) is 2.13. The van der Waals surface area contributed by atoms with Crippen molar-refractivity contribution in [1.82, 2.24) is 4.48 Å². The van der Waals surface area contributed by atoms with Crippen molar-refractivity contribution in [3.8, 4) is 0 Å². The number of hydrogen-bond acceptors (Lipinski definition) is 0. The molecule has 2 nitrogen and oxygen atoms in total. The minimum Gasteiger partial charge on any atom is -0.319 e. The van der Waals surface area contributed by atoms with E-state index in [1.54, 1.807) is 11.3 Å². The van der Waals surface area contributed by atoms with Gasteiger partial charge in [-0.15, -0.1) is 0 Å². The third-order valence-corrected chi connectivity index (χ3v) is 4.58. The van der Waals surface area contributed by atoms with E-state index in [0.29, 0.717) is 0 Å². The van der Waals surface area contributed by atoms with Gasteiger partial charge in [-0.3, -0.25) is 4.48 Å². The average molecular weight is 218 g/mol. The van der Waals surface area contributed by atoms with Crippen molar-refractivity contribution >= 4 is 5.69 Å². The fraction of sp³-hybridized carbons (Fsp3) is 0.571. The van der Waals surface area contributed by atoms with Gasteiger partial charge in [-0.25, -0.2) is 0 Å². The number of likely N-dealkylation sites (N-methyl/N-ethyl adjacent to an activating group) is 1. The number of para-hydroxylation sites is 1. The fourth-order valence-electron chi connectivity index (χ4n) is 3.25. The van der Waals surface area contributed by atoms with Crippen molar-refractivity contribution < 1.29 is 4.48 Å². The first-order chi connectivity index (χ1) is 7.61. The monoisotopic (exact) mass is 218 g/mol. The number of benzene rings is 1. The Morgan fingerprint density at radius 2 is 1.56 bits per heavy atom. The van der Waals surface area contributed by atoms with Gasteiger partial charge in [0.15, 0.2) is 0 Å². The largest absolute Gasteiger partial charge is 0.319 e. The molecule has 3 rings (SSSR count). The van der Waals surface area contributed by atoms with E-state index < -0.39 is 0 Å². The smallest absolute Gasteiger partial charge is 0.136 e. The highest BCUT2D eigenvalue weighted by atomic mass is 15.5. The van der Waals surface area contributed by atoms with Gasteiger partial charge in [0.05, 0.1) is 20.6 Å². The highest BCUT2D eigenvalue weighted by Gasteiger charge is 2.43. The van der Waals surface area contributed by atoms with Gasteiger partial charge in [-0.1, -0.05) is 18.2 Å². The summed E-state index contributed by atoms with van der Waals surface area (Å²) >= 11 is 0. The second-order valence-corrected chi connectivity index (χ2v) is 6.08. The van der Waals surface area contributed by atoms with Crippen LogP contribution in [0.15, 0.2) is 24.3 Å². The highest BCUT2D eigenvalue weighted by Crippen LogP contribution is 2.36. The van der Waals surface area contributed by atoms with E-state index in [1.165, 1.54) is 48.1 Å². The molecule has 2 aliphatic heterocycles. The Balaban J connectivity index is 1.92. The van der Waals surface area contributed by atoms with Crippen molar-refractivity contribution in [2.24, 2.45) is 0 Å². The van der Waals surface area contributed by atoms with Crippen LogP contribution in [0.2, 0.25) is 0 Å². The van der Waals surface area contributed by atoms with E-state index >= 15 is 0 Å². The van der Waals surface area contributed by atoms with Crippen LogP contribution < -0.4 is 4.48 Å². The van der Waals surface area contributed by atoms with Crippen molar-refractivity contribution in [2.75, 3.05) is 46.8 Å². The number of quaternary nitrogens is 2. The lowest BCUT2D eigenvalue weighted by atomic mass is 10.1. The number of fused-ring (bicyclic) bond motifs is 2. The van der Waals surface area contributed by atoms with E-state index in [-0.39, 0.29) is 0 Å². The SMILES string of the molecule is C[N+]1(C)CC[N+]2(CCc3ccccc32)CC1. The Bertz CT molecular complexity index is 399. The lowest BCUT2D eigenvalue weighted by Crippen LogP contribution is -2.64.